The molecule has 0 atom stereocenters. The zero-order valence-electron chi connectivity index (χ0n) is 16.1. The largest absolute Gasteiger partial charge is 0.496 e. The number of aryl methyl sites for hydroxylation is 1. The molecule has 152 valence electrons. The van der Waals surface area contributed by atoms with Crippen LogP contribution in [0.4, 0.5) is 13.2 Å². The molecule has 8 heteroatoms. The van der Waals surface area contributed by atoms with Crippen LogP contribution < -0.4 is 15.4 Å². The number of alkyl halides is 3. The van der Waals surface area contributed by atoms with E-state index in [1.807, 2.05) is 19.1 Å². The minimum absolute atomic E-state index is 0.215. The number of hydrogen-bond donors (Lipinski definition) is 2. The number of ether oxygens (including phenoxy) is 2. The van der Waals surface area contributed by atoms with Crippen molar-refractivity contribution < 1.29 is 22.6 Å². The number of nitrogens with one attached hydrogen (secondary N) is 2. The van der Waals surface area contributed by atoms with E-state index >= 15 is 0 Å². The van der Waals surface area contributed by atoms with E-state index in [2.05, 4.69) is 21.7 Å². The van der Waals surface area contributed by atoms with Gasteiger partial charge in [0, 0.05) is 44.3 Å². The topological polar surface area (TPSA) is 54.9 Å². The van der Waals surface area contributed by atoms with Gasteiger partial charge in [0.1, 0.15) is 5.75 Å². The van der Waals surface area contributed by atoms with Gasteiger partial charge in [-0.2, -0.15) is 13.2 Å². The van der Waals surface area contributed by atoms with Gasteiger partial charge in [-0.3, -0.25) is 4.99 Å². The molecule has 0 unspecified atom stereocenters. The molecule has 1 fully saturated rings. The van der Waals surface area contributed by atoms with E-state index in [0.717, 1.165) is 29.7 Å². The lowest BCUT2D eigenvalue weighted by Gasteiger charge is -2.39. The highest BCUT2D eigenvalue weighted by Gasteiger charge is 2.37. The second-order valence-corrected chi connectivity index (χ2v) is 6.81. The number of rotatable bonds is 6. The van der Waals surface area contributed by atoms with Crippen LogP contribution in [0.25, 0.3) is 0 Å². The molecular formula is C19H28F3N3O2. The van der Waals surface area contributed by atoms with E-state index in [4.69, 9.17) is 9.47 Å². The Hall–Kier alpha value is -1.96. The summed E-state index contributed by atoms with van der Waals surface area (Å²) in [4.78, 5) is 4.04. The molecule has 2 rings (SSSR count). The predicted octanol–water partition coefficient (Wildman–Crippen LogP) is 3.17. The fourth-order valence-corrected chi connectivity index (χ4v) is 3.34. The molecule has 0 aromatic heterocycles. The van der Waals surface area contributed by atoms with Gasteiger partial charge in [-0.25, -0.2) is 0 Å². The van der Waals surface area contributed by atoms with Crippen molar-refractivity contribution in [1.29, 1.82) is 0 Å². The van der Waals surface area contributed by atoms with Crippen LogP contribution in [0, 0.1) is 6.92 Å². The molecule has 1 aromatic rings. The first kappa shape index (κ1) is 21.3. The van der Waals surface area contributed by atoms with Crippen LogP contribution in [-0.2, 0) is 10.2 Å². The van der Waals surface area contributed by atoms with Crippen LogP contribution in [0.15, 0.2) is 23.2 Å². The van der Waals surface area contributed by atoms with E-state index in [-0.39, 0.29) is 12.0 Å². The molecule has 1 heterocycles. The van der Waals surface area contributed by atoms with Crippen LogP contribution in [0.1, 0.15) is 30.4 Å². The van der Waals surface area contributed by atoms with Gasteiger partial charge < -0.3 is 20.1 Å². The maximum atomic E-state index is 12.4. The van der Waals surface area contributed by atoms with Crippen LogP contribution in [0.5, 0.6) is 5.75 Å². The van der Waals surface area contributed by atoms with Crippen LogP contribution >= 0.6 is 0 Å². The van der Waals surface area contributed by atoms with Crippen LogP contribution in [0.3, 0.4) is 0 Å². The molecule has 27 heavy (non-hydrogen) atoms. The number of benzene rings is 1. The lowest BCUT2D eigenvalue weighted by molar-refractivity contribution is -0.132. The Morgan fingerprint density at radius 3 is 2.56 bits per heavy atom. The fraction of sp³-hybridized carbons (Fsp3) is 0.632. The van der Waals surface area contributed by atoms with Crippen molar-refractivity contribution in [3.63, 3.8) is 0 Å². The van der Waals surface area contributed by atoms with Crippen molar-refractivity contribution >= 4 is 5.96 Å². The molecule has 5 nitrogen and oxygen atoms in total. The lowest BCUT2D eigenvalue weighted by Crippen LogP contribution is -2.48. The zero-order valence-corrected chi connectivity index (χ0v) is 16.1. The molecule has 1 aliphatic rings. The molecule has 0 amide bonds. The van der Waals surface area contributed by atoms with Crippen molar-refractivity contribution in [2.75, 3.05) is 40.5 Å². The van der Waals surface area contributed by atoms with Crippen molar-refractivity contribution in [2.45, 2.75) is 37.8 Å². The summed E-state index contributed by atoms with van der Waals surface area (Å²) in [5, 5.41) is 5.93. The molecule has 0 bridgehead atoms. The van der Waals surface area contributed by atoms with Crippen LogP contribution in [-0.4, -0.2) is 52.6 Å². The van der Waals surface area contributed by atoms with Crippen molar-refractivity contribution in [1.82, 2.24) is 10.6 Å². The van der Waals surface area contributed by atoms with Gasteiger partial charge in [0.15, 0.2) is 5.96 Å². The first-order chi connectivity index (χ1) is 12.8. The van der Waals surface area contributed by atoms with Gasteiger partial charge in [-0.15, -0.1) is 0 Å². The predicted molar refractivity (Wildman–Crippen MR) is 99.5 cm³/mol. The molecule has 2 N–H and O–H groups in total. The fourth-order valence-electron chi connectivity index (χ4n) is 3.34. The summed E-state index contributed by atoms with van der Waals surface area (Å²) in [6, 6.07) is 6.07. The smallest absolute Gasteiger partial charge is 0.390 e. The van der Waals surface area contributed by atoms with Crippen molar-refractivity contribution in [3.05, 3.63) is 29.3 Å². The number of halogens is 3. The number of nitrogens with zero attached hydrogens (tertiary/aromatic N) is 1. The van der Waals surface area contributed by atoms with Gasteiger partial charge in [0.2, 0.25) is 0 Å². The summed E-state index contributed by atoms with van der Waals surface area (Å²) in [6.45, 7) is 3.59. The number of hydrogen-bond acceptors (Lipinski definition) is 3. The summed E-state index contributed by atoms with van der Waals surface area (Å²) in [6.07, 6.45) is -3.51. The molecule has 1 aromatic carbocycles. The van der Waals surface area contributed by atoms with E-state index in [1.165, 1.54) is 0 Å². The summed E-state index contributed by atoms with van der Waals surface area (Å²) in [7, 11) is 3.19. The average Bonchev–Trinajstić information content (AvgIpc) is 2.64. The third kappa shape index (κ3) is 6.02. The third-order valence-electron chi connectivity index (χ3n) is 4.89. The SMILES string of the molecule is CN=C(NCCC(F)(F)F)NCC1(c2cc(C)ccc2OC)CCOCC1. The zero-order chi connectivity index (χ0) is 19.9. The monoisotopic (exact) mass is 387 g/mol. The highest BCUT2D eigenvalue weighted by Crippen LogP contribution is 2.40. The van der Waals surface area contributed by atoms with Gasteiger partial charge in [-0.1, -0.05) is 17.7 Å². The van der Waals surface area contributed by atoms with Gasteiger partial charge in [-0.05, 0) is 25.8 Å². The third-order valence-corrected chi connectivity index (χ3v) is 4.89. The molecule has 0 spiro atoms. The number of methoxy groups -OCH3 is 1. The van der Waals surface area contributed by atoms with Crippen molar-refractivity contribution in [2.24, 2.45) is 4.99 Å². The Labute approximate surface area is 158 Å². The standard InChI is InChI=1S/C19H28F3N3O2/c1-14-4-5-16(26-3)15(12-14)18(7-10-27-11-8-18)13-25-17(23-2)24-9-6-19(20,21)22/h4-5,12H,6-11,13H2,1-3H3,(H2,23,24,25). The van der Waals surface area contributed by atoms with E-state index < -0.39 is 12.6 Å². The Balaban J connectivity index is 2.14. The highest BCUT2D eigenvalue weighted by molar-refractivity contribution is 5.79. The minimum atomic E-state index is -4.19. The number of guanidine groups is 1. The summed E-state index contributed by atoms with van der Waals surface area (Å²) >= 11 is 0. The van der Waals surface area contributed by atoms with Gasteiger partial charge >= 0.3 is 6.18 Å². The Bertz CT molecular complexity index is 642. The molecule has 0 saturated carbocycles. The Morgan fingerprint density at radius 1 is 1.26 bits per heavy atom. The van der Waals surface area contributed by atoms with Gasteiger partial charge in [0.05, 0.1) is 13.5 Å². The second-order valence-electron chi connectivity index (χ2n) is 6.81. The average molecular weight is 387 g/mol. The molecule has 0 radical (unpaired) electrons. The molecule has 0 aliphatic carbocycles. The van der Waals surface area contributed by atoms with E-state index in [0.29, 0.717) is 25.7 Å². The van der Waals surface area contributed by atoms with E-state index in [1.54, 1.807) is 14.2 Å². The molecule has 1 saturated heterocycles. The second kappa shape index (κ2) is 9.30. The molecular weight excluding hydrogens is 359 g/mol. The maximum absolute atomic E-state index is 12.4. The first-order valence-electron chi connectivity index (χ1n) is 9.04. The molecule has 1 aliphatic heterocycles. The Kier molecular flexibility index (Phi) is 7.35. The lowest BCUT2D eigenvalue weighted by atomic mass is 9.73. The van der Waals surface area contributed by atoms with E-state index in [9.17, 15) is 13.2 Å². The summed E-state index contributed by atoms with van der Waals surface area (Å²) < 4.78 is 48.2. The van der Waals surface area contributed by atoms with Gasteiger partial charge in [0.25, 0.3) is 0 Å². The maximum Gasteiger partial charge on any atom is 0.390 e. The normalized spacial score (nSPS) is 17.5. The Morgan fingerprint density at radius 2 is 1.96 bits per heavy atom. The number of aliphatic imine (C=N–C) groups is 1. The quantitative estimate of drug-likeness (QED) is 0.582. The van der Waals surface area contributed by atoms with Crippen molar-refractivity contribution in [3.8, 4) is 5.75 Å². The highest BCUT2D eigenvalue weighted by atomic mass is 19.4. The first-order valence-corrected chi connectivity index (χ1v) is 9.04. The van der Waals surface area contributed by atoms with Crippen LogP contribution in [0.2, 0.25) is 0 Å². The minimum Gasteiger partial charge on any atom is -0.496 e. The summed E-state index contributed by atoms with van der Waals surface area (Å²) in [5.74, 6) is 1.17. The summed E-state index contributed by atoms with van der Waals surface area (Å²) in [5.41, 5.74) is 1.98.